The number of allylic oxidation sites excluding steroid dienone is 3. The summed E-state index contributed by atoms with van der Waals surface area (Å²) in [5.41, 5.74) is 16.6. The van der Waals surface area contributed by atoms with E-state index in [9.17, 15) is 0 Å². The highest BCUT2D eigenvalue weighted by atomic mass is 14.8. The van der Waals surface area contributed by atoms with Crippen LogP contribution in [-0.4, -0.2) is 5.71 Å². The molecule has 0 spiro atoms. The molecule has 10 aromatic carbocycles. The zero-order valence-corrected chi connectivity index (χ0v) is 34.9. The maximum atomic E-state index is 5.51. The molecule has 0 atom stereocenters. The van der Waals surface area contributed by atoms with Gasteiger partial charge in [-0.05, 0) is 125 Å². The van der Waals surface area contributed by atoms with E-state index >= 15 is 0 Å². The first-order valence-corrected chi connectivity index (χ1v) is 22.1. The highest BCUT2D eigenvalue weighted by Crippen LogP contribution is 2.57. The summed E-state index contributed by atoms with van der Waals surface area (Å²) in [6.07, 6.45) is 6.38. The van der Waals surface area contributed by atoms with Crippen molar-refractivity contribution in [1.82, 2.24) is 0 Å². The van der Waals surface area contributed by atoms with Crippen molar-refractivity contribution >= 4 is 49.3 Å². The predicted molar refractivity (Wildman–Crippen MR) is 266 cm³/mol. The first-order valence-electron chi connectivity index (χ1n) is 22.1. The molecule has 1 nitrogen and oxygen atoms in total. The normalized spacial score (nSPS) is 14.3. The monoisotopic (exact) mass is 801 g/mol. The lowest BCUT2D eigenvalue weighted by atomic mass is 9.67. The van der Waals surface area contributed by atoms with Gasteiger partial charge in [-0.25, -0.2) is 0 Å². The van der Waals surface area contributed by atoms with Crippen LogP contribution < -0.4 is 0 Å². The lowest BCUT2D eigenvalue weighted by Crippen LogP contribution is -2.28. The second kappa shape index (κ2) is 15.2. The van der Waals surface area contributed by atoms with E-state index < -0.39 is 5.41 Å². The molecule has 0 fully saturated rings. The molecule has 0 saturated carbocycles. The van der Waals surface area contributed by atoms with E-state index in [1.807, 2.05) is 0 Å². The molecule has 1 aliphatic heterocycles. The maximum Gasteiger partial charge on any atom is 0.0713 e. The van der Waals surface area contributed by atoms with Gasteiger partial charge in [0.1, 0.15) is 0 Å². The largest absolute Gasteiger partial charge is 0.252 e. The van der Waals surface area contributed by atoms with E-state index in [0.717, 1.165) is 35.4 Å². The van der Waals surface area contributed by atoms with Crippen LogP contribution in [0.4, 0.5) is 0 Å². The molecule has 0 unspecified atom stereocenters. The Labute approximate surface area is 368 Å². The molecule has 0 N–H and O–H groups in total. The summed E-state index contributed by atoms with van der Waals surface area (Å²) in [5, 5.41) is 7.57. The average Bonchev–Trinajstić information content (AvgIpc) is 3.65. The van der Waals surface area contributed by atoms with E-state index in [0.29, 0.717) is 0 Å². The zero-order valence-electron chi connectivity index (χ0n) is 34.9. The van der Waals surface area contributed by atoms with Gasteiger partial charge in [-0.3, -0.25) is 4.99 Å². The Hall–Kier alpha value is -7.87. The van der Waals surface area contributed by atoms with Crippen LogP contribution in [0.3, 0.4) is 0 Å². The van der Waals surface area contributed by atoms with E-state index in [1.165, 1.54) is 88.0 Å². The number of hydrogen-bond donors (Lipinski definition) is 0. The third-order valence-corrected chi connectivity index (χ3v) is 13.4. The number of fused-ring (bicyclic) bond motifs is 9. The highest BCUT2D eigenvalue weighted by Gasteiger charge is 2.46. The number of nitrogens with zero attached hydrogens (tertiary/aromatic N) is 1. The van der Waals surface area contributed by atoms with Gasteiger partial charge in [-0.1, -0.05) is 218 Å². The van der Waals surface area contributed by atoms with Crippen molar-refractivity contribution in [3.63, 3.8) is 0 Å². The van der Waals surface area contributed by atoms with Crippen LogP contribution in [0.1, 0.15) is 51.8 Å². The van der Waals surface area contributed by atoms with Crippen molar-refractivity contribution in [2.24, 2.45) is 4.99 Å². The lowest BCUT2D eigenvalue weighted by molar-refractivity contribution is 0.768. The summed E-state index contributed by atoms with van der Waals surface area (Å²) in [6.45, 7) is 0. The van der Waals surface area contributed by atoms with E-state index in [-0.39, 0.29) is 0 Å². The van der Waals surface area contributed by atoms with Crippen molar-refractivity contribution < 1.29 is 0 Å². The number of aliphatic imine (C=N–C) groups is 1. The van der Waals surface area contributed by atoms with Crippen LogP contribution >= 0.6 is 0 Å². The minimum atomic E-state index is -0.431. The smallest absolute Gasteiger partial charge is 0.0713 e. The Morgan fingerprint density at radius 1 is 0.365 bits per heavy atom. The summed E-state index contributed by atoms with van der Waals surface area (Å²) in [6, 6.07) is 82.5. The van der Waals surface area contributed by atoms with Gasteiger partial charge in [-0.2, -0.15) is 0 Å². The molecule has 0 aromatic heterocycles. The quantitative estimate of drug-likeness (QED) is 0.149. The third kappa shape index (κ3) is 6.03. The Morgan fingerprint density at radius 2 is 0.921 bits per heavy atom. The summed E-state index contributed by atoms with van der Waals surface area (Å²) < 4.78 is 0. The zero-order chi connectivity index (χ0) is 41.7. The van der Waals surface area contributed by atoms with E-state index in [1.54, 1.807) is 0 Å². The third-order valence-electron chi connectivity index (χ3n) is 13.4. The van der Waals surface area contributed by atoms with Gasteiger partial charge in [0.05, 0.1) is 11.1 Å². The van der Waals surface area contributed by atoms with Crippen molar-refractivity contribution in [1.29, 1.82) is 0 Å². The molecule has 1 heterocycles. The fraction of sp³-hybridized carbons (Fsp3) is 0.0484. The molecule has 12 rings (SSSR count). The van der Waals surface area contributed by atoms with Crippen LogP contribution in [0.5, 0.6) is 0 Å². The first kappa shape index (κ1) is 36.9. The summed E-state index contributed by atoms with van der Waals surface area (Å²) >= 11 is 0. The van der Waals surface area contributed by atoms with E-state index in [2.05, 4.69) is 237 Å². The topological polar surface area (TPSA) is 12.4 Å². The number of rotatable bonds is 6. The second-order valence-corrected chi connectivity index (χ2v) is 16.8. The van der Waals surface area contributed by atoms with Crippen molar-refractivity contribution in [2.45, 2.75) is 18.3 Å². The van der Waals surface area contributed by atoms with Crippen molar-refractivity contribution in [3.05, 3.63) is 276 Å². The highest BCUT2D eigenvalue weighted by molar-refractivity contribution is 6.29. The minimum Gasteiger partial charge on any atom is -0.252 e. The van der Waals surface area contributed by atoms with Gasteiger partial charge in [0.2, 0.25) is 0 Å². The van der Waals surface area contributed by atoms with E-state index in [4.69, 9.17) is 4.99 Å². The second-order valence-electron chi connectivity index (χ2n) is 16.8. The van der Waals surface area contributed by atoms with Crippen molar-refractivity contribution in [2.75, 3.05) is 0 Å². The van der Waals surface area contributed by atoms with Crippen LogP contribution in [-0.2, 0) is 5.41 Å². The van der Waals surface area contributed by atoms with Crippen LogP contribution in [0.15, 0.2) is 242 Å². The number of hydrogen-bond acceptors (Lipinski definition) is 1. The van der Waals surface area contributed by atoms with Gasteiger partial charge in [-0.15, -0.1) is 0 Å². The van der Waals surface area contributed by atoms with Gasteiger partial charge < -0.3 is 0 Å². The molecule has 0 bridgehead atoms. The summed E-state index contributed by atoms with van der Waals surface area (Å²) in [4.78, 5) is 5.51. The summed E-state index contributed by atoms with van der Waals surface area (Å²) in [7, 11) is 0. The standard InChI is InChI=1S/C62H43N/c1-5-19-42(20-6-1)44-23-17-34-59(63-60(41-44)43-21-7-2-8-22-43)46-35-37-54-55(40-46)51-29-14-13-28-50(51)53-32-18-31-49(61(53)54)45-36-38-58-56(39-45)52-30-15-16-33-57(52)62(58,47-24-9-3-10-25-47)48-26-11-4-12-27-48/h1-16,18-33,35-41H,17,34H2. The van der Waals surface area contributed by atoms with Crippen LogP contribution in [0.2, 0.25) is 0 Å². The molecule has 10 aromatic rings. The molecular weight excluding hydrogens is 759 g/mol. The first-order chi connectivity index (χ1) is 31.3. The minimum absolute atomic E-state index is 0.431. The molecule has 0 saturated heterocycles. The number of benzene rings is 10. The summed E-state index contributed by atoms with van der Waals surface area (Å²) in [5.74, 6) is 0. The molecule has 0 amide bonds. The van der Waals surface area contributed by atoms with Gasteiger partial charge in [0.15, 0.2) is 0 Å². The molecule has 0 radical (unpaired) electrons. The average molecular weight is 802 g/mol. The Balaban J connectivity index is 1.05. The fourth-order valence-corrected chi connectivity index (χ4v) is 10.6. The Kier molecular flexibility index (Phi) is 8.94. The Bertz CT molecular complexity index is 3430. The maximum absolute atomic E-state index is 5.51. The lowest BCUT2D eigenvalue weighted by Gasteiger charge is -2.33. The van der Waals surface area contributed by atoms with Crippen molar-refractivity contribution in [3.8, 4) is 22.3 Å². The molecule has 2 aliphatic rings. The molecule has 63 heavy (non-hydrogen) atoms. The molecular formula is C62H43N. The fourth-order valence-electron chi connectivity index (χ4n) is 10.6. The SMILES string of the molecule is C1=C(c2ccccc2)C=C(c2ccccc2)N=C(c2ccc3c(c2)c2ccccc2c2cccc(-c4ccc5c(c4)-c4ccccc4C5(c4ccccc4)c4ccccc4)c23)CC1. The molecule has 296 valence electrons. The van der Waals surface area contributed by atoms with Crippen LogP contribution in [0, 0.1) is 0 Å². The van der Waals surface area contributed by atoms with Gasteiger partial charge in [0, 0.05) is 11.3 Å². The van der Waals surface area contributed by atoms with Gasteiger partial charge >= 0.3 is 0 Å². The predicted octanol–water partition coefficient (Wildman–Crippen LogP) is 15.9. The molecule has 1 aliphatic carbocycles. The Morgan fingerprint density at radius 3 is 1.65 bits per heavy atom. The van der Waals surface area contributed by atoms with Crippen LogP contribution in [0.25, 0.3) is 65.8 Å². The van der Waals surface area contributed by atoms with Gasteiger partial charge in [0.25, 0.3) is 0 Å². The molecule has 1 heteroatoms.